The Bertz CT molecular complexity index is 695. The SMILES string of the molecule is C=Cc1cc(Cc2[nH]c(C)cc2C)c(C=N)c(NC(C)C)n1. The number of nitrogens with zero attached hydrogens (tertiary/aromatic N) is 1. The number of pyridine rings is 1. The second-order valence-electron chi connectivity index (χ2n) is 5.91. The highest BCUT2D eigenvalue weighted by Crippen LogP contribution is 2.23. The molecule has 0 fully saturated rings. The van der Waals surface area contributed by atoms with Gasteiger partial charge in [0.05, 0.1) is 5.69 Å². The summed E-state index contributed by atoms with van der Waals surface area (Å²) in [6.07, 6.45) is 3.88. The van der Waals surface area contributed by atoms with Gasteiger partial charge < -0.3 is 15.7 Å². The third kappa shape index (κ3) is 3.45. The molecule has 4 nitrogen and oxygen atoms in total. The molecule has 0 aromatic carbocycles. The Hall–Kier alpha value is -2.36. The van der Waals surface area contributed by atoms with Gasteiger partial charge in [-0.15, -0.1) is 0 Å². The number of aromatic nitrogens is 2. The highest BCUT2D eigenvalue weighted by molar-refractivity contribution is 5.87. The van der Waals surface area contributed by atoms with Crippen LogP contribution in [0.25, 0.3) is 6.08 Å². The summed E-state index contributed by atoms with van der Waals surface area (Å²) in [4.78, 5) is 7.94. The van der Waals surface area contributed by atoms with Crippen LogP contribution in [0.2, 0.25) is 0 Å². The minimum absolute atomic E-state index is 0.258. The quantitative estimate of drug-likeness (QED) is 0.703. The highest BCUT2D eigenvalue weighted by Gasteiger charge is 2.13. The van der Waals surface area contributed by atoms with E-state index < -0.39 is 0 Å². The van der Waals surface area contributed by atoms with E-state index in [4.69, 9.17) is 5.41 Å². The largest absolute Gasteiger partial charge is 0.367 e. The van der Waals surface area contributed by atoms with Gasteiger partial charge in [0.25, 0.3) is 0 Å². The molecule has 0 atom stereocenters. The maximum atomic E-state index is 7.78. The van der Waals surface area contributed by atoms with Gasteiger partial charge in [0.1, 0.15) is 5.82 Å². The monoisotopic (exact) mass is 296 g/mol. The molecule has 0 radical (unpaired) electrons. The van der Waals surface area contributed by atoms with Crippen LogP contribution in [0.15, 0.2) is 18.7 Å². The van der Waals surface area contributed by atoms with Crippen LogP contribution in [-0.4, -0.2) is 22.2 Å². The Morgan fingerprint density at radius 2 is 2.09 bits per heavy atom. The number of hydrogen-bond acceptors (Lipinski definition) is 3. The van der Waals surface area contributed by atoms with Crippen LogP contribution < -0.4 is 5.32 Å². The number of hydrogen-bond donors (Lipinski definition) is 3. The standard InChI is InChI=1S/C18H24N4/c1-6-15-8-14(9-17-12(4)7-13(5)21-17)16(10-19)18(22-15)20-11(2)3/h6-8,10-11,19,21H,1,9H2,2-5H3,(H,20,22). The van der Waals surface area contributed by atoms with Crippen LogP contribution in [0.4, 0.5) is 5.82 Å². The number of aromatic amines is 1. The van der Waals surface area contributed by atoms with E-state index in [1.807, 2.05) is 6.07 Å². The molecular weight excluding hydrogens is 272 g/mol. The molecule has 0 aliphatic heterocycles. The van der Waals surface area contributed by atoms with E-state index in [0.29, 0.717) is 0 Å². The van der Waals surface area contributed by atoms with E-state index in [2.05, 4.69) is 55.6 Å². The number of rotatable bonds is 6. The number of anilines is 1. The van der Waals surface area contributed by atoms with Crippen molar-refractivity contribution in [1.29, 1.82) is 5.41 Å². The number of aryl methyl sites for hydroxylation is 2. The molecular formula is C18H24N4. The molecule has 0 aliphatic carbocycles. The molecule has 0 saturated carbocycles. The van der Waals surface area contributed by atoms with Crippen molar-refractivity contribution in [3.05, 3.63) is 52.5 Å². The van der Waals surface area contributed by atoms with Crippen LogP contribution in [0, 0.1) is 19.3 Å². The van der Waals surface area contributed by atoms with Crippen molar-refractivity contribution in [3.63, 3.8) is 0 Å². The van der Waals surface area contributed by atoms with Gasteiger partial charge in [-0.1, -0.05) is 6.58 Å². The van der Waals surface area contributed by atoms with Crippen LogP contribution in [-0.2, 0) is 6.42 Å². The number of H-pyrrole nitrogens is 1. The zero-order valence-electron chi connectivity index (χ0n) is 13.7. The van der Waals surface area contributed by atoms with Gasteiger partial charge in [-0.05, 0) is 57.0 Å². The molecule has 4 heteroatoms. The first kappa shape index (κ1) is 16.0. The molecule has 0 unspecified atom stereocenters. The van der Waals surface area contributed by atoms with Crippen LogP contribution in [0.5, 0.6) is 0 Å². The third-order valence-electron chi connectivity index (χ3n) is 3.57. The van der Waals surface area contributed by atoms with Crippen LogP contribution >= 0.6 is 0 Å². The van der Waals surface area contributed by atoms with Crippen molar-refractivity contribution in [2.24, 2.45) is 0 Å². The van der Waals surface area contributed by atoms with Crippen molar-refractivity contribution >= 4 is 18.1 Å². The lowest BCUT2D eigenvalue weighted by atomic mass is 10.0. The predicted molar refractivity (Wildman–Crippen MR) is 94.0 cm³/mol. The lowest BCUT2D eigenvalue weighted by Crippen LogP contribution is -2.15. The van der Waals surface area contributed by atoms with E-state index >= 15 is 0 Å². The van der Waals surface area contributed by atoms with E-state index in [0.717, 1.165) is 34.8 Å². The van der Waals surface area contributed by atoms with Gasteiger partial charge in [0, 0.05) is 35.6 Å². The fourth-order valence-electron chi connectivity index (χ4n) is 2.58. The Kier molecular flexibility index (Phi) is 4.81. The first-order valence-corrected chi connectivity index (χ1v) is 7.53. The molecule has 0 aliphatic rings. The summed E-state index contributed by atoms with van der Waals surface area (Å²) in [6.45, 7) is 12.1. The summed E-state index contributed by atoms with van der Waals surface area (Å²) in [5, 5.41) is 11.1. The summed E-state index contributed by atoms with van der Waals surface area (Å²) in [6, 6.07) is 4.41. The summed E-state index contributed by atoms with van der Waals surface area (Å²) < 4.78 is 0. The third-order valence-corrected chi connectivity index (χ3v) is 3.57. The molecule has 0 spiro atoms. The van der Waals surface area contributed by atoms with Crippen molar-refractivity contribution in [1.82, 2.24) is 9.97 Å². The molecule has 2 aromatic rings. The first-order valence-electron chi connectivity index (χ1n) is 7.53. The van der Waals surface area contributed by atoms with E-state index in [-0.39, 0.29) is 6.04 Å². The van der Waals surface area contributed by atoms with E-state index in [9.17, 15) is 0 Å². The second-order valence-corrected chi connectivity index (χ2v) is 5.91. The minimum Gasteiger partial charge on any atom is -0.367 e. The normalized spacial score (nSPS) is 10.8. The number of nitrogens with one attached hydrogen (secondary N) is 3. The molecule has 3 N–H and O–H groups in total. The van der Waals surface area contributed by atoms with E-state index in [1.54, 1.807) is 6.08 Å². The lowest BCUT2D eigenvalue weighted by Gasteiger charge is -2.16. The maximum Gasteiger partial charge on any atom is 0.135 e. The van der Waals surface area contributed by atoms with Gasteiger partial charge in [0.2, 0.25) is 0 Å². The van der Waals surface area contributed by atoms with Gasteiger partial charge in [0.15, 0.2) is 0 Å². The molecule has 2 heterocycles. The fourth-order valence-corrected chi connectivity index (χ4v) is 2.58. The maximum absolute atomic E-state index is 7.78. The Morgan fingerprint density at radius 3 is 2.59 bits per heavy atom. The first-order chi connectivity index (χ1) is 10.4. The smallest absolute Gasteiger partial charge is 0.135 e. The topological polar surface area (TPSA) is 64.6 Å². The van der Waals surface area contributed by atoms with Gasteiger partial charge in [-0.2, -0.15) is 0 Å². The zero-order chi connectivity index (χ0) is 16.3. The molecule has 2 aromatic heterocycles. The molecule has 0 amide bonds. The van der Waals surface area contributed by atoms with Crippen molar-refractivity contribution in [2.45, 2.75) is 40.2 Å². The van der Waals surface area contributed by atoms with E-state index in [1.165, 1.54) is 17.5 Å². The Balaban J connectivity index is 2.50. The molecule has 116 valence electrons. The fraction of sp³-hybridized carbons (Fsp3) is 0.333. The molecule has 2 rings (SSSR count). The van der Waals surface area contributed by atoms with Gasteiger partial charge in [-0.3, -0.25) is 0 Å². The summed E-state index contributed by atoms with van der Waals surface area (Å²) >= 11 is 0. The Morgan fingerprint density at radius 1 is 1.36 bits per heavy atom. The lowest BCUT2D eigenvalue weighted by molar-refractivity contribution is 0.886. The summed E-state index contributed by atoms with van der Waals surface area (Å²) in [7, 11) is 0. The minimum atomic E-state index is 0.258. The second kappa shape index (κ2) is 6.60. The zero-order valence-corrected chi connectivity index (χ0v) is 13.7. The average Bonchev–Trinajstić information content (AvgIpc) is 2.76. The molecule has 0 bridgehead atoms. The molecule has 0 saturated heterocycles. The van der Waals surface area contributed by atoms with Crippen molar-refractivity contribution < 1.29 is 0 Å². The Labute approximate surface area is 132 Å². The van der Waals surface area contributed by atoms with Crippen molar-refractivity contribution in [3.8, 4) is 0 Å². The summed E-state index contributed by atoms with van der Waals surface area (Å²) in [5.74, 6) is 0.748. The van der Waals surface area contributed by atoms with Crippen LogP contribution in [0.3, 0.4) is 0 Å². The summed E-state index contributed by atoms with van der Waals surface area (Å²) in [5.41, 5.74) is 6.31. The van der Waals surface area contributed by atoms with Crippen molar-refractivity contribution in [2.75, 3.05) is 5.32 Å². The molecule has 22 heavy (non-hydrogen) atoms. The highest BCUT2D eigenvalue weighted by atomic mass is 15.0. The van der Waals surface area contributed by atoms with Gasteiger partial charge in [-0.25, -0.2) is 4.98 Å². The average molecular weight is 296 g/mol. The predicted octanol–water partition coefficient (Wildman–Crippen LogP) is 4.08. The van der Waals surface area contributed by atoms with Gasteiger partial charge >= 0.3 is 0 Å². The van der Waals surface area contributed by atoms with Crippen LogP contribution in [0.1, 0.15) is 47.6 Å².